The Morgan fingerprint density at radius 1 is 1.13 bits per heavy atom. The average Bonchev–Trinajstić information content (AvgIpc) is 2.86. The summed E-state index contributed by atoms with van der Waals surface area (Å²) < 4.78 is 6.57. The fourth-order valence-electron chi connectivity index (χ4n) is 3.85. The molecule has 3 heteroatoms. The molecule has 0 aromatic heterocycles. The number of allylic oxidation sites excluding steroid dienone is 4. The Morgan fingerprint density at radius 3 is 2.91 bits per heavy atom. The molecule has 3 nitrogen and oxygen atoms in total. The molecule has 1 N–H and O–H groups in total. The lowest BCUT2D eigenvalue weighted by Gasteiger charge is -2.41. The molecule has 0 bridgehead atoms. The van der Waals surface area contributed by atoms with Gasteiger partial charge in [0.2, 0.25) is 0 Å². The Morgan fingerprint density at radius 2 is 2.00 bits per heavy atom. The zero-order valence-electron chi connectivity index (χ0n) is 12.7. The number of hydrogen-bond donors (Lipinski definition) is 1. The van der Waals surface area contributed by atoms with Crippen LogP contribution in [0.2, 0.25) is 0 Å². The molecule has 23 heavy (non-hydrogen) atoms. The largest absolute Gasteiger partial charge is 0.473 e. The predicted molar refractivity (Wildman–Crippen MR) is 89.2 cm³/mol. The second-order valence-electron chi connectivity index (χ2n) is 6.28. The third-order valence-electron chi connectivity index (χ3n) is 4.95. The maximum Gasteiger partial charge on any atom is 0.252 e. The van der Waals surface area contributed by atoms with Gasteiger partial charge in [0, 0.05) is 27.8 Å². The van der Waals surface area contributed by atoms with Crippen LogP contribution in [0.3, 0.4) is 0 Å². The van der Waals surface area contributed by atoms with E-state index in [0.29, 0.717) is 0 Å². The first-order chi connectivity index (χ1) is 11.2. The maximum absolute atomic E-state index is 12.1. The van der Waals surface area contributed by atoms with Gasteiger partial charge in [-0.2, -0.15) is 0 Å². The lowest BCUT2D eigenvalue weighted by molar-refractivity contribution is 0.0958. The molecule has 1 amide bonds. The van der Waals surface area contributed by atoms with Crippen LogP contribution >= 0.6 is 0 Å². The van der Waals surface area contributed by atoms with Crippen molar-refractivity contribution in [3.8, 4) is 5.75 Å². The van der Waals surface area contributed by atoms with Crippen molar-refractivity contribution < 1.29 is 9.53 Å². The average molecular weight is 301 g/mol. The third kappa shape index (κ3) is 1.51. The van der Waals surface area contributed by atoms with Crippen molar-refractivity contribution in [3.05, 3.63) is 82.5 Å². The van der Waals surface area contributed by atoms with Gasteiger partial charge < -0.3 is 10.1 Å². The molecular formula is C20H15NO2. The van der Waals surface area contributed by atoms with Gasteiger partial charge in [-0.1, -0.05) is 42.5 Å². The predicted octanol–water partition coefficient (Wildman–Crippen LogP) is 3.63. The van der Waals surface area contributed by atoms with Gasteiger partial charge in [-0.25, -0.2) is 0 Å². The summed E-state index contributed by atoms with van der Waals surface area (Å²) in [6, 6.07) is 3.83. The molecule has 1 spiro atoms. The molecule has 2 aliphatic heterocycles. The van der Waals surface area contributed by atoms with Crippen molar-refractivity contribution in [2.24, 2.45) is 0 Å². The number of benzene rings is 1. The molecule has 112 valence electrons. The Hall–Kier alpha value is -2.81. The van der Waals surface area contributed by atoms with E-state index in [9.17, 15) is 4.79 Å². The van der Waals surface area contributed by atoms with Crippen LogP contribution in [0.4, 0.5) is 0 Å². The van der Waals surface area contributed by atoms with Crippen molar-refractivity contribution in [1.82, 2.24) is 5.32 Å². The summed E-state index contributed by atoms with van der Waals surface area (Å²) in [6.45, 7) is 2.00. The van der Waals surface area contributed by atoms with Gasteiger partial charge in [0.25, 0.3) is 5.91 Å². The standard InChI is InChI=1S/C20H15NO2/c1-12-17-16(19(22)21-12)9-8-13-11-15-7-4-6-14-5-2-3-10-20(14,15)23-18(13)17/h2-12H,1H3,(H,21,22). The highest BCUT2D eigenvalue weighted by Gasteiger charge is 2.43. The number of hydrogen-bond acceptors (Lipinski definition) is 2. The van der Waals surface area contributed by atoms with Crippen molar-refractivity contribution in [2.75, 3.05) is 0 Å². The van der Waals surface area contributed by atoms with Crippen molar-refractivity contribution >= 4 is 12.0 Å². The van der Waals surface area contributed by atoms with Gasteiger partial charge in [0.05, 0.1) is 6.04 Å². The van der Waals surface area contributed by atoms with E-state index in [1.807, 2.05) is 31.2 Å². The number of carbonyl (C=O) groups excluding carboxylic acids is 1. The van der Waals surface area contributed by atoms with Crippen LogP contribution in [0.25, 0.3) is 6.08 Å². The summed E-state index contributed by atoms with van der Waals surface area (Å²) in [5.74, 6) is 0.794. The van der Waals surface area contributed by atoms with Gasteiger partial charge in [-0.05, 0) is 25.1 Å². The summed E-state index contributed by atoms with van der Waals surface area (Å²) >= 11 is 0. The molecule has 0 fully saturated rings. The minimum atomic E-state index is -0.572. The number of fused-ring (bicyclic) bond motifs is 3. The van der Waals surface area contributed by atoms with Crippen LogP contribution in [-0.2, 0) is 0 Å². The first kappa shape index (κ1) is 12.7. The first-order valence-corrected chi connectivity index (χ1v) is 7.83. The van der Waals surface area contributed by atoms with Crippen LogP contribution in [0.15, 0.2) is 65.8 Å². The number of ether oxygens (including phenoxy) is 1. The summed E-state index contributed by atoms with van der Waals surface area (Å²) in [5.41, 5.74) is 4.37. The molecule has 1 aromatic rings. The zero-order chi connectivity index (χ0) is 15.6. The third-order valence-corrected chi connectivity index (χ3v) is 4.95. The van der Waals surface area contributed by atoms with E-state index in [2.05, 4.69) is 41.8 Å². The normalized spacial score (nSPS) is 28.7. The topological polar surface area (TPSA) is 38.3 Å². The van der Waals surface area contributed by atoms with Gasteiger partial charge in [0.1, 0.15) is 5.75 Å². The van der Waals surface area contributed by atoms with Crippen molar-refractivity contribution in [2.45, 2.75) is 18.6 Å². The summed E-state index contributed by atoms with van der Waals surface area (Å²) in [7, 11) is 0. The van der Waals surface area contributed by atoms with E-state index >= 15 is 0 Å². The van der Waals surface area contributed by atoms with Crippen LogP contribution in [0, 0.1) is 0 Å². The highest BCUT2D eigenvalue weighted by molar-refractivity contribution is 6.00. The minimum absolute atomic E-state index is 0.0236. The fourth-order valence-corrected chi connectivity index (χ4v) is 3.85. The number of amides is 1. The Balaban J connectivity index is 1.78. The molecule has 2 heterocycles. The molecule has 2 atom stereocenters. The van der Waals surface area contributed by atoms with Crippen LogP contribution in [0.1, 0.15) is 34.5 Å². The van der Waals surface area contributed by atoms with E-state index in [4.69, 9.17) is 4.74 Å². The Labute approximate surface area is 134 Å². The molecule has 1 aromatic carbocycles. The highest BCUT2D eigenvalue weighted by atomic mass is 16.5. The fraction of sp³-hybridized carbons (Fsp3) is 0.150. The second kappa shape index (κ2) is 4.13. The monoisotopic (exact) mass is 301 g/mol. The second-order valence-corrected chi connectivity index (χ2v) is 6.28. The Kier molecular flexibility index (Phi) is 2.28. The van der Waals surface area contributed by atoms with Gasteiger partial charge >= 0.3 is 0 Å². The van der Waals surface area contributed by atoms with Crippen LogP contribution in [0.5, 0.6) is 5.75 Å². The molecule has 0 saturated heterocycles. The van der Waals surface area contributed by atoms with Crippen molar-refractivity contribution in [1.29, 1.82) is 0 Å². The van der Waals surface area contributed by atoms with Gasteiger partial charge in [0.15, 0.2) is 5.60 Å². The molecule has 4 aliphatic rings. The molecule has 0 radical (unpaired) electrons. The van der Waals surface area contributed by atoms with E-state index in [1.54, 1.807) is 0 Å². The molecular weight excluding hydrogens is 286 g/mol. The lowest BCUT2D eigenvalue weighted by atomic mass is 9.77. The Bertz CT molecular complexity index is 914. The lowest BCUT2D eigenvalue weighted by Crippen LogP contribution is -2.41. The summed E-state index contributed by atoms with van der Waals surface area (Å²) in [6.07, 6.45) is 16.6. The van der Waals surface area contributed by atoms with E-state index in [1.165, 1.54) is 0 Å². The van der Waals surface area contributed by atoms with E-state index in [0.717, 1.165) is 33.6 Å². The molecule has 2 aliphatic carbocycles. The van der Waals surface area contributed by atoms with Gasteiger partial charge in [-0.15, -0.1) is 0 Å². The highest BCUT2D eigenvalue weighted by Crippen LogP contribution is 2.48. The first-order valence-electron chi connectivity index (χ1n) is 7.83. The maximum atomic E-state index is 12.1. The summed E-state index contributed by atoms with van der Waals surface area (Å²) in [4.78, 5) is 12.1. The number of nitrogens with one attached hydrogen (secondary N) is 1. The van der Waals surface area contributed by atoms with E-state index < -0.39 is 5.60 Å². The molecule has 5 rings (SSSR count). The smallest absolute Gasteiger partial charge is 0.252 e. The number of carbonyl (C=O) groups is 1. The van der Waals surface area contributed by atoms with Crippen LogP contribution < -0.4 is 10.1 Å². The van der Waals surface area contributed by atoms with Crippen LogP contribution in [-0.4, -0.2) is 11.5 Å². The van der Waals surface area contributed by atoms with Crippen molar-refractivity contribution in [3.63, 3.8) is 0 Å². The summed E-state index contributed by atoms with van der Waals surface area (Å²) in [5, 5.41) is 2.97. The van der Waals surface area contributed by atoms with Gasteiger partial charge in [-0.3, -0.25) is 4.79 Å². The zero-order valence-corrected chi connectivity index (χ0v) is 12.7. The minimum Gasteiger partial charge on any atom is -0.473 e. The quantitative estimate of drug-likeness (QED) is 0.794. The SMILES string of the molecule is CC1NC(=O)c2ccc3c(c21)OC12C=CC=CC1=CC=CC2=C3. The number of rotatable bonds is 0. The molecule has 2 unspecified atom stereocenters. The molecule has 0 saturated carbocycles. The van der Waals surface area contributed by atoms with E-state index in [-0.39, 0.29) is 11.9 Å².